The highest BCUT2D eigenvalue weighted by molar-refractivity contribution is 7.89. The molecule has 1 saturated carbocycles. The summed E-state index contributed by atoms with van der Waals surface area (Å²) in [7, 11) is -2.21. The van der Waals surface area contributed by atoms with Crippen molar-refractivity contribution >= 4 is 39.1 Å². The molecule has 0 bridgehead atoms. The number of ether oxygens (including phenoxy) is 1. The first-order valence-electron chi connectivity index (χ1n) is 10.6. The van der Waals surface area contributed by atoms with Gasteiger partial charge in [-0.3, -0.25) is 14.5 Å². The molecule has 1 aliphatic carbocycles. The maximum absolute atomic E-state index is 13.6. The van der Waals surface area contributed by atoms with E-state index >= 15 is 0 Å². The number of methoxy groups -OCH3 is 1. The van der Waals surface area contributed by atoms with Crippen LogP contribution in [0.3, 0.4) is 0 Å². The van der Waals surface area contributed by atoms with E-state index in [0.717, 1.165) is 36.4 Å². The second-order valence-corrected chi connectivity index (χ2v) is 11.0. The molecule has 1 atom stereocenters. The number of nitrogens with one attached hydrogen (secondary N) is 1. The topological polar surface area (TPSA) is 96.0 Å². The molecule has 1 aromatic rings. The van der Waals surface area contributed by atoms with Gasteiger partial charge in [0.15, 0.2) is 0 Å². The Morgan fingerprint density at radius 3 is 2.58 bits per heavy atom. The fourth-order valence-corrected chi connectivity index (χ4v) is 5.63. The van der Waals surface area contributed by atoms with E-state index in [1.54, 1.807) is 25.1 Å². The molecule has 1 aliphatic heterocycles. The Morgan fingerprint density at radius 2 is 1.97 bits per heavy atom. The van der Waals surface area contributed by atoms with E-state index in [4.69, 9.17) is 16.3 Å². The zero-order chi connectivity index (χ0) is 22.8. The predicted molar refractivity (Wildman–Crippen MR) is 120 cm³/mol. The highest BCUT2D eigenvalue weighted by Crippen LogP contribution is 2.38. The molecule has 2 aliphatic rings. The number of carbonyl (C=O) groups excluding carboxylic acids is 2. The minimum atomic E-state index is -3.67. The van der Waals surface area contributed by atoms with Gasteiger partial charge in [-0.1, -0.05) is 30.9 Å². The fourth-order valence-electron chi connectivity index (χ4n) is 4.35. The van der Waals surface area contributed by atoms with Crippen molar-refractivity contribution in [3.8, 4) is 5.75 Å². The maximum Gasteiger partial charge on any atom is 0.247 e. The maximum atomic E-state index is 13.6. The molecule has 1 heterocycles. The highest BCUT2D eigenvalue weighted by atomic mass is 35.5. The largest absolute Gasteiger partial charge is 0.495 e. The lowest BCUT2D eigenvalue weighted by atomic mass is 9.91. The van der Waals surface area contributed by atoms with Crippen LogP contribution in [-0.4, -0.2) is 62.1 Å². The van der Waals surface area contributed by atoms with Gasteiger partial charge in [-0.2, -0.15) is 4.31 Å². The lowest BCUT2D eigenvalue weighted by molar-refractivity contribution is -0.133. The van der Waals surface area contributed by atoms with Crippen LogP contribution < -0.4 is 15.0 Å². The van der Waals surface area contributed by atoms with Gasteiger partial charge in [-0.05, 0) is 44.9 Å². The molecular formula is C21H30ClN3O5S. The number of nitrogens with zero attached hydrogens (tertiary/aromatic N) is 2. The summed E-state index contributed by atoms with van der Waals surface area (Å²) in [6, 6.07) is 4.83. The number of carbonyl (C=O) groups is 2. The number of rotatable bonds is 6. The SMILES string of the molecule is CCS(=O)(=O)N1CC(=O)N(c2cc(Cl)ccc2OC)C(C)(C(=O)NC2CCCCC2)C1. The summed E-state index contributed by atoms with van der Waals surface area (Å²) in [5.41, 5.74) is -1.12. The summed E-state index contributed by atoms with van der Waals surface area (Å²) in [6.45, 7) is 2.62. The Balaban J connectivity index is 2.05. The normalized spacial score (nSPS) is 23.6. The van der Waals surface area contributed by atoms with Crippen LogP contribution in [0.4, 0.5) is 5.69 Å². The van der Waals surface area contributed by atoms with Crippen molar-refractivity contribution in [2.45, 2.75) is 57.5 Å². The summed E-state index contributed by atoms with van der Waals surface area (Å²) in [4.78, 5) is 28.2. The van der Waals surface area contributed by atoms with Gasteiger partial charge in [0.05, 0.1) is 25.1 Å². The van der Waals surface area contributed by atoms with Gasteiger partial charge in [0.2, 0.25) is 21.8 Å². The van der Waals surface area contributed by atoms with Crippen molar-refractivity contribution < 1.29 is 22.7 Å². The average molecular weight is 472 g/mol. The standard InChI is InChI=1S/C21H30ClN3O5S/c1-4-31(28,29)24-13-19(26)25(17-12-15(22)10-11-18(17)30-3)21(2,14-24)20(27)23-16-8-6-5-7-9-16/h10-12,16H,4-9,13-14H2,1-3H3,(H,23,27). The smallest absolute Gasteiger partial charge is 0.247 e. The van der Waals surface area contributed by atoms with Crippen LogP contribution in [0.1, 0.15) is 46.0 Å². The number of hydrogen-bond donors (Lipinski definition) is 1. The quantitative estimate of drug-likeness (QED) is 0.687. The second kappa shape index (κ2) is 9.34. The molecule has 1 aromatic carbocycles. The van der Waals surface area contributed by atoms with Crippen molar-refractivity contribution in [3.05, 3.63) is 23.2 Å². The third-order valence-corrected chi connectivity index (χ3v) is 8.12. The molecule has 31 heavy (non-hydrogen) atoms. The van der Waals surface area contributed by atoms with E-state index in [1.807, 2.05) is 0 Å². The summed E-state index contributed by atoms with van der Waals surface area (Å²) >= 11 is 6.19. The van der Waals surface area contributed by atoms with E-state index < -0.39 is 21.5 Å². The first kappa shape index (κ1) is 23.8. The van der Waals surface area contributed by atoms with Crippen LogP contribution in [0, 0.1) is 0 Å². The number of benzene rings is 1. The van der Waals surface area contributed by atoms with Crippen LogP contribution in [0.2, 0.25) is 5.02 Å². The lowest BCUT2D eigenvalue weighted by Gasteiger charge is -2.47. The third-order valence-electron chi connectivity index (χ3n) is 6.11. The molecule has 2 amide bonds. The molecular weight excluding hydrogens is 442 g/mol. The van der Waals surface area contributed by atoms with Crippen molar-refractivity contribution in [1.82, 2.24) is 9.62 Å². The molecule has 0 aromatic heterocycles. The van der Waals surface area contributed by atoms with E-state index in [1.165, 1.54) is 18.9 Å². The Morgan fingerprint density at radius 1 is 1.29 bits per heavy atom. The van der Waals surface area contributed by atoms with Gasteiger partial charge in [-0.15, -0.1) is 0 Å². The Labute approximate surface area is 188 Å². The average Bonchev–Trinajstić information content (AvgIpc) is 2.74. The molecule has 10 heteroatoms. The van der Waals surface area contributed by atoms with E-state index in [2.05, 4.69) is 5.32 Å². The van der Waals surface area contributed by atoms with Crippen molar-refractivity contribution in [1.29, 1.82) is 0 Å². The number of halogens is 1. The minimum absolute atomic E-state index is 0.00874. The number of sulfonamides is 1. The zero-order valence-corrected chi connectivity index (χ0v) is 19.8. The summed E-state index contributed by atoms with van der Waals surface area (Å²) < 4.78 is 31.7. The molecule has 3 rings (SSSR count). The second-order valence-electron chi connectivity index (χ2n) is 8.30. The van der Waals surface area contributed by atoms with Gasteiger partial charge in [0, 0.05) is 17.6 Å². The number of anilines is 1. The van der Waals surface area contributed by atoms with Gasteiger partial charge in [-0.25, -0.2) is 8.42 Å². The van der Waals surface area contributed by atoms with Gasteiger partial charge in [0.25, 0.3) is 0 Å². The van der Waals surface area contributed by atoms with Crippen molar-refractivity contribution in [2.75, 3.05) is 30.9 Å². The minimum Gasteiger partial charge on any atom is -0.495 e. The molecule has 8 nitrogen and oxygen atoms in total. The molecule has 1 N–H and O–H groups in total. The molecule has 172 valence electrons. The molecule has 0 spiro atoms. The number of amides is 2. The molecule has 2 fully saturated rings. The zero-order valence-electron chi connectivity index (χ0n) is 18.2. The van der Waals surface area contributed by atoms with Crippen LogP contribution in [0.5, 0.6) is 5.75 Å². The van der Waals surface area contributed by atoms with Crippen LogP contribution in [-0.2, 0) is 19.6 Å². The summed E-state index contributed by atoms with van der Waals surface area (Å²) in [5.74, 6) is -0.668. The summed E-state index contributed by atoms with van der Waals surface area (Å²) in [6.07, 6.45) is 4.93. The van der Waals surface area contributed by atoms with Crippen LogP contribution in [0.25, 0.3) is 0 Å². The Kier molecular flexibility index (Phi) is 7.18. The lowest BCUT2D eigenvalue weighted by Crippen LogP contribution is -2.71. The van der Waals surface area contributed by atoms with Crippen molar-refractivity contribution in [3.63, 3.8) is 0 Å². The van der Waals surface area contributed by atoms with Crippen LogP contribution >= 0.6 is 11.6 Å². The van der Waals surface area contributed by atoms with Gasteiger partial charge < -0.3 is 10.1 Å². The predicted octanol–water partition coefficient (Wildman–Crippen LogP) is 2.55. The van der Waals surface area contributed by atoms with E-state index in [-0.39, 0.29) is 30.8 Å². The van der Waals surface area contributed by atoms with E-state index in [9.17, 15) is 18.0 Å². The van der Waals surface area contributed by atoms with E-state index in [0.29, 0.717) is 16.5 Å². The highest BCUT2D eigenvalue weighted by Gasteiger charge is 2.51. The van der Waals surface area contributed by atoms with Gasteiger partial charge in [0.1, 0.15) is 11.3 Å². The number of piperazine rings is 1. The fraction of sp³-hybridized carbons (Fsp3) is 0.619. The molecule has 1 saturated heterocycles. The monoisotopic (exact) mass is 471 g/mol. The number of hydrogen-bond acceptors (Lipinski definition) is 5. The first-order valence-corrected chi connectivity index (χ1v) is 12.6. The molecule has 1 unspecified atom stereocenters. The van der Waals surface area contributed by atoms with Gasteiger partial charge >= 0.3 is 0 Å². The van der Waals surface area contributed by atoms with Crippen LogP contribution in [0.15, 0.2) is 18.2 Å². The Hall–Kier alpha value is -1.84. The Bertz CT molecular complexity index is 948. The third kappa shape index (κ3) is 4.83. The first-order chi connectivity index (χ1) is 14.6. The van der Waals surface area contributed by atoms with Crippen molar-refractivity contribution in [2.24, 2.45) is 0 Å². The molecule has 0 radical (unpaired) electrons. The summed E-state index contributed by atoms with van der Waals surface area (Å²) in [5, 5.41) is 3.44.